The number of anilines is 2. The number of hydrogen-bond acceptors (Lipinski definition) is 5. The van der Waals surface area contributed by atoms with Crippen molar-refractivity contribution in [3.63, 3.8) is 0 Å². The molecule has 2 rings (SSSR count). The van der Waals surface area contributed by atoms with Gasteiger partial charge in [0.1, 0.15) is 23.3 Å². The van der Waals surface area contributed by atoms with E-state index in [2.05, 4.69) is 15.3 Å². The van der Waals surface area contributed by atoms with E-state index in [-0.39, 0.29) is 0 Å². The van der Waals surface area contributed by atoms with Crippen LogP contribution in [0, 0.1) is 0 Å². The lowest BCUT2D eigenvalue weighted by molar-refractivity contribution is 0.128. The largest absolute Gasteiger partial charge is 0.495 e. The molecule has 1 aromatic heterocycles. The molecule has 0 aliphatic carbocycles. The van der Waals surface area contributed by atoms with E-state index in [1.165, 1.54) is 0 Å². The monoisotopic (exact) mass is 293 g/mol. The lowest BCUT2D eigenvalue weighted by Gasteiger charge is -2.11. The summed E-state index contributed by atoms with van der Waals surface area (Å²) in [7, 11) is 1.62. The van der Waals surface area contributed by atoms with Gasteiger partial charge in [0.25, 0.3) is 0 Å². The van der Waals surface area contributed by atoms with Crippen LogP contribution in [0.4, 0.5) is 11.5 Å². The van der Waals surface area contributed by atoms with Crippen molar-refractivity contribution in [3.8, 4) is 5.75 Å². The Morgan fingerprint density at radius 3 is 2.80 bits per heavy atom. The first-order valence-electron chi connectivity index (χ1n) is 6.24. The molecular weight excluding hydrogens is 278 g/mol. The quantitative estimate of drug-likeness (QED) is 0.827. The van der Waals surface area contributed by atoms with Gasteiger partial charge in [0.15, 0.2) is 5.82 Å². The average Bonchev–Trinajstić information content (AvgIpc) is 2.45. The fourth-order valence-corrected chi connectivity index (χ4v) is 1.87. The van der Waals surface area contributed by atoms with Crippen molar-refractivity contribution in [2.45, 2.75) is 13.5 Å². The van der Waals surface area contributed by atoms with Crippen LogP contribution in [-0.4, -0.2) is 23.7 Å². The SMILES string of the molecule is CCOCc1nc(Cl)cc(Nc2ccccc2OC)n1. The van der Waals surface area contributed by atoms with Crippen molar-refractivity contribution in [1.82, 2.24) is 9.97 Å². The number of aromatic nitrogens is 2. The van der Waals surface area contributed by atoms with Crippen molar-refractivity contribution < 1.29 is 9.47 Å². The van der Waals surface area contributed by atoms with Crippen molar-refractivity contribution in [3.05, 3.63) is 41.3 Å². The molecule has 1 aromatic carbocycles. The number of methoxy groups -OCH3 is 1. The highest BCUT2D eigenvalue weighted by Gasteiger charge is 2.06. The molecule has 1 N–H and O–H groups in total. The van der Waals surface area contributed by atoms with E-state index in [1.807, 2.05) is 31.2 Å². The van der Waals surface area contributed by atoms with E-state index in [1.54, 1.807) is 13.2 Å². The van der Waals surface area contributed by atoms with Crippen LogP contribution >= 0.6 is 11.6 Å². The van der Waals surface area contributed by atoms with Gasteiger partial charge in [0.05, 0.1) is 12.8 Å². The summed E-state index contributed by atoms with van der Waals surface area (Å²) in [6, 6.07) is 9.24. The zero-order chi connectivity index (χ0) is 14.4. The molecular formula is C14H16ClN3O2. The van der Waals surface area contributed by atoms with Crippen LogP contribution in [-0.2, 0) is 11.3 Å². The van der Waals surface area contributed by atoms with Crippen molar-refractivity contribution in [1.29, 1.82) is 0 Å². The summed E-state index contributed by atoms with van der Waals surface area (Å²) in [5.74, 6) is 1.87. The molecule has 0 unspecified atom stereocenters. The summed E-state index contributed by atoms with van der Waals surface area (Å²) in [5, 5.41) is 3.53. The number of nitrogens with zero attached hydrogens (tertiary/aromatic N) is 2. The second-order valence-electron chi connectivity index (χ2n) is 3.95. The third-order valence-electron chi connectivity index (χ3n) is 2.55. The molecule has 106 valence electrons. The summed E-state index contributed by atoms with van der Waals surface area (Å²) in [6.45, 7) is 2.85. The Bertz CT molecular complexity index is 578. The molecule has 0 saturated carbocycles. The zero-order valence-electron chi connectivity index (χ0n) is 11.4. The number of nitrogens with one attached hydrogen (secondary N) is 1. The predicted octanol–water partition coefficient (Wildman–Crippen LogP) is 3.42. The van der Waals surface area contributed by atoms with Gasteiger partial charge in [0.2, 0.25) is 0 Å². The first-order chi connectivity index (χ1) is 9.72. The van der Waals surface area contributed by atoms with Crippen molar-refractivity contribution in [2.75, 3.05) is 19.0 Å². The Labute approximate surface area is 122 Å². The number of para-hydroxylation sites is 2. The van der Waals surface area contributed by atoms with Gasteiger partial charge in [-0.05, 0) is 19.1 Å². The van der Waals surface area contributed by atoms with E-state index in [0.717, 1.165) is 11.4 Å². The Hall–Kier alpha value is -1.85. The summed E-state index contributed by atoms with van der Waals surface area (Å²) in [4.78, 5) is 8.47. The van der Waals surface area contributed by atoms with Crippen LogP contribution < -0.4 is 10.1 Å². The van der Waals surface area contributed by atoms with Gasteiger partial charge in [-0.25, -0.2) is 9.97 Å². The van der Waals surface area contributed by atoms with E-state index in [9.17, 15) is 0 Å². The number of benzene rings is 1. The van der Waals surface area contributed by atoms with E-state index in [0.29, 0.717) is 30.0 Å². The fraction of sp³-hybridized carbons (Fsp3) is 0.286. The smallest absolute Gasteiger partial charge is 0.158 e. The van der Waals surface area contributed by atoms with Gasteiger partial charge >= 0.3 is 0 Å². The molecule has 2 aromatic rings. The topological polar surface area (TPSA) is 56.3 Å². The van der Waals surface area contributed by atoms with Crippen LogP contribution in [0.2, 0.25) is 5.15 Å². The molecule has 5 nitrogen and oxygen atoms in total. The van der Waals surface area contributed by atoms with Crippen LogP contribution in [0.1, 0.15) is 12.7 Å². The number of hydrogen-bond donors (Lipinski definition) is 1. The van der Waals surface area contributed by atoms with E-state index in [4.69, 9.17) is 21.1 Å². The molecule has 0 bridgehead atoms. The first-order valence-corrected chi connectivity index (χ1v) is 6.62. The van der Waals surface area contributed by atoms with Crippen LogP contribution in [0.3, 0.4) is 0 Å². The van der Waals surface area contributed by atoms with Gasteiger partial charge in [0, 0.05) is 12.7 Å². The minimum absolute atomic E-state index is 0.331. The molecule has 0 spiro atoms. The highest BCUT2D eigenvalue weighted by Crippen LogP contribution is 2.26. The average molecular weight is 294 g/mol. The Morgan fingerprint density at radius 2 is 2.05 bits per heavy atom. The minimum atomic E-state index is 0.331. The van der Waals surface area contributed by atoms with E-state index < -0.39 is 0 Å². The molecule has 6 heteroatoms. The van der Waals surface area contributed by atoms with Crippen molar-refractivity contribution >= 4 is 23.1 Å². The summed E-state index contributed by atoms with van der Waals surface area (Å²) in [5.41, 5.74) is 0.812. The molecule has 0 saturated heterocycles. The zero-order valence-corrected chi connectivity index (χ0v) is 12.1. The lowest BCUT2D eigenvalue weighted by atomic mass is 10.3. The number of rotatable bonds is 6. The molecule has 0 fully saturated rings. The molecule has 0 atom stereocenters. The van der Waals surface area contributed by atoms with Gasteiger partial charge < -0.3 is 14.8 Å². The summed E-state index contributed by atoms with van der Waals surface area (Å²) in [6.07, 6.45) is 0. The molecule has 1 heterocycles. The van der Waals surface area contributed by atoms with Gasteiger partial charge in [-0.2, -0.15) is 0 Å². The van der Waals surface area contributed by atoms with Crippen LogP contribution in [0.25, 0.3) is 0 Å². The van der Waals surface area contributed by atoms with Crippen LogP contribution in [0.5, 0.6) is 5.75 Å². The van der Waals surface area contributed by atoms with Crippen molar-refractivity contribution in [2.24, 2.45) is 0 Å². The summed E-state index contributed by atoms with van der Waals surface area (Å²) >= 11 is 5.99. The molecule has 0 amide bonds. The Balaban J connectivity index is 2.22. The van der Waals surface area contributed by atoms with Gasteiger partial charge in [-0.15, -0.1) is 0 Å². The highest BCUT2D eigenvalue weighted by molar-refractivity contribution is 6.29. The normalized spacial score (nSPS) is 10.3. The maximum atomic E-state index is 5.99. The number of ether oxygens (including phenoxy) is 2. The molecule has 0 radical (unpaired) electrons. The number of halogens is 1. The third-order valence-corrected chi connectivity index (χ3v) is 2.74. The molecule has 20 heavy (non-hydrogen) atoms. The maximum Gasteiger partial charge on any atom is 0.158 e. The molecule has 0 aliphatic heterocycles. The predicted molar refractivity (Wildman–Crippen MR) is 78.6 cm³/mol. The Morgan fingerprint density at radius 1 is 1.25 bits per heavy atom. The highest BCUT2D eigenvalue weighted by atomic mass is 35.5. The molecule has 0 aliphatic rings. The van der Waals surface area contributed by atoms with Gasteiger partial charge in [-0.1, -0.05) is 23.7 Å². The van der Waals surface area contributed by atoms with E-state index >= 15 is 0 Å². The first kappa shape index (κ1) is 14.6. The lowest BCUT2D eigenvalue weighted by Crippen LogP contribution is -2.03. The minimum Gasteiger partial charge on any atom is -0.495 e. The van der Waals surface area contributed by atoms with Gasteiger partial charge in [-0.3, -0.25) is 0 Å². The summed E-state index contributed by atoms with van der Waals surface area (Å²) < 4.78 is 10.6. The standard InChI is InChI=1S/C14H16ClN3O2/c1-3-20-9-14-17-12(15)8-13(18-14)16-10-6-4-5-7-11(10)19-2/h4-8H,3,9H2,1-2H3,(H,16,17,18). The second-order valence-corrected chi connectivity index (χ2v) is 4.34. The van der Waals surface area contributed by atoms with Crippen LogP contribution in [0.15, 0.2) is 30.3 Å². The Kier molecular flexibility index (Phi) is 5.15. The maximum absolute atomic E-state index is 5.99. The third kappa shape index (κ3) is 3.82. The second kappa shape index (κ2) is 7.07. The fourth-order valence-electron chi connectivity index (χ4n) is 1.67.